The summed E-state index contributed by atoms with van der Waals surface area (Å²) in [5, 5.41) is 0. The van der Waals surface area contributed by atoms with E-state index in [4.69, 9.17) is 12.2 Å². The summed E-state index contributed by atoms with van der Waals surface area (Å²) in [6, 6.07) is 3.22. The van der Waals surface area contributed by atoms with Crippen molar-refractivity contribution in [1.82, 2.24) is 9.55 Å². The van der Waals surface area contributed by atoms with Crippen molar-refractivity contribution in [2.45, 2.75) is 19.6 Å². The zero-order valence-electron chi connectivity index (χ0n) is 11.1. The molecule has 0 bridgehead atoms. The normalized spacial score (nSPS) is 13.0. The van der Waals surface area contributed by atoms with Crippen molar-refractivity contribution >= 4 is 33.1 Å². The van der Waals surface area contributed by atoms with E-state index in [1.165, 1.54) is 10.6 Å². The van der Waals surface area contributed by atoms with E-state index in [2.05, 4.69) is 4.98 Å². The van der Waals surface area contributed by atoms with Crippen molar-refractivity contribution in [1.29, 1.82) is 0 Å². The highest BCUT2D eigenvalue weighted by atomic mass is 32.2. The van der Waals surface area contributed by atoms with E-state index in [-0.39, 0.29) is 28.3 Å². The predicted molar refractivity (Wildman–Crippen MR) is 76.5 cm³/mol. The molecule has 1 N–H and O–H groups in total. The second kappa shape index (κ2) is 5.45. The average Bonchev–Trinajstić information content (AvgIpc) is 2.70. The number of H-pyrrole nitrogens is 1. The van der Waals surface area contributed by atoms with E-state index in [1.54, 1.807) is 6.92 Å². The number of fused-ring (bicyclic) bond motifs is 1. The Balaban J connectivity index is 2.43. The molecule has 0 amide bonds. The molecule has 21 heavy (non-hydrogen) atoms. The smallest absolute Gasteiger partial charge is 0.331 e. The Kier molecular flexibility index (Phi) is 4.16. The summed E-state index contributed by atoms with van der Waals surface area (Å²) in [7, 11) is -3.17. The number of aryl methyl sites for hydroxylation is 1. The van der Waals surface area contributed by atoms with Crippen molar-refractivity contribution < 1.29 is 21.6 Å². The van der Waals surface area contributed by atoms with Crippen LogP contribution in [0, 0.1) is 4.77 Å². The molecule has 2 aromatic rings. The number of hydrogen-bond acceptors (Lipinski definition) is 3. The van der Waals surface area contributed by atoms with Gasteiger partial charge in [0.25, 0.3) is 0 Å². The molecule has 0 atom stereocenters. The molecule has 2 rings (SSSR count). The topological polar surface area (TPSA) is 54.9 Å². The summed E-state index contributed by atoms with van der Waals surface area (Å²) >= 11 is 5.05. The Labute approximate surface area is 124 Å². The van der Waals surface area contributed by atoms with Gasteiger partial charge in [0, 0.05) is 12.3 Å². The maximum absolute atomic E-state index is 12.6. The molecule has 0 aliphatic carbocycles. The van der Waals surface area contributed by atoms with Gasteiger partial charge in [0.1, 0.15) is 0 Å². The number of sulfone groups is 1. The van der Waals surface area contributed by atoms with Gasteiger partial charge < -0.3 is 9.55 Å². The summed E-state index contributed by atoms with van der Waals surface area (Å²) in [6.07, 6.45) is -4.43. The number of benzene rings is 1. The van der Waals surface area contributed by atoms with Crippen LogP contribution >= 0.6 is 12.2 Å². The molecule has 1 heterocycles. The van der Waals surface area contributed by atoms with Gasteiger partial charge >= 0.3 is 6.18 Å². The van der Waals surface area contributed by atoms with Gasteiger partial charge in [0.2, 0.25) is 0 Å². The van der Waals surface area contributed by atoms with Gasteiger partial charge in [-0.3, -0.25) is 0 Å². The first-order chi connectivity index (χ1) is 9.64. The fourth-order valence-corrected chi connectivity index (χ4v) is 2.99. The van der Waals surface area contributed by atoms with Crippen molar-refractivity contribution in [2.75, 3.05) is 11.5 Å². The molecule has 116 valence electrons. The molecule has 0 radical (unpaired) electrons. The zero-order valence-corrected chi connectivity index (χ0v) is 12.7. The van der Waals surface area contributed by atoms with Crippen LogP contribution in [-0.4, -0.2) is 29.5 Å². The third-order valence-corrected chi connectivity index (χ3v) is 5.17. The fraction of sp³-hybridized carbons (Fsp3) is 0.417. The van der Waals surface area contributed by atoms with Gasteiger partial charge in [0.15, 0.2) is 14.6 Å². The van der Waals surface area contributed by atoms with Gasteiger partial charge in [-0.1, -0.05) is 6.92 Å². The minimum absolute atomic E-state index is 0.0148. The van der Waals surface area contributed by atoms with Crippen LogP contribution in [0.5, 0.6) is 0 Å². The Hall–Kier alpha value is -1.35. The van der Waals surface area contributed by atoms with E-state index in [1.807, 2.05) is 0 Å². The zero-order chi connectivity index (χ0) is 15.8. The van der Waals surface area contributed by atoms with Gasteiger partial charge in [-0.2, -0.15) is 13.2 Å². The molecule has 4 nitrogen and oxygen atoms in total. The molecule has 0 unspecified atom stereocenters. The van der Waals surface area contributed by atoms with Crippen molar-refractivity contribution in [3.8, 4) is 0 Å². The molecule has 9 heteroatoms. The molecule has 0 spiro atoms. The standard InChI is InChI=1S/C12H13F3N2O2S2/c1-2-21(18,19)6-5-17-10-4-3-8(12(13,14)15)7-9(10)16-11(17)20/h3-4,7H,2,5-6H2,1H3,(H,16,20). The Morgan fingerprint density at radius 3 is 2.57 bits per heavy atom. The molecule has 0 fully saturated rings. The molecule has 1 aromatic carbocycles. The van der Waals surface area contributed by atoms with Crippen LogP contribution in [0.2, 0.25) is 0 Å². The molecular formula is C12H13F3N2O2S2. The van der Waals surface area contributed by atoms with Crippen LogP contribution in [0.4, 0.5) is 13.2 Å². The van der Waals surface area contributed by atoms with Crippen molar-refractivity contribution in [2.24, 2.45) is 0 Å². The highest BCUT2D eigenvalue weighted by Crippen LogP contribution is 2.31. The number of nitrogens with one attached hydrogen (secondary N) is 1. The lowest BCUT2D eigenvalue weighted by molar-refractivity contribution is -0.137. The third kappa shape index (κ3) is 3.46. The van der Waals surface area contributed by atoms with Crippen molar-refractivity contribution in [3.63, 3.8) is 0 Å². The van der Waals surface area contributed by atoms with Crippen LogP contribution < -0.4 is 0 Å². The second-order valence-electron chi connectivity index (χ2n) is 4.55. The first kappa shape index (κ1) is 16.0. The van der Waals surface area contributed by atoms with Gasteiger partial charge in [0.05, 0.1) is 22.3 Å². The van der Waals surface area contributed by atoms with Crippen LogP contribution in [0.1, 0.15) is 12.5 Å². The number of imidazole rings is 1. The maximum Gasteiger partial charge on any atom is 0.416 e. The molecule has 1 aromatic heterocycles. The van der Waals surface area contributed by atoms with Crippen LogP contribution in [0.15, 0.2) is 18.2 Å². The number of aromatic amines is 1. The van der Waals surface area contributed by atoms with Crippen LogP contribution in [0.3, 0.4) is 0 Å². The Morgan fingerprint density at radius 1 is 1.33 bits per heavy atom. The number of alkyl halides is 3. The first-order valence-corrected chi connectivity index (χ1v) is 8.37. The highest BCUT2D eigenvalue weighted by Gasteiger charge is 2.30. The number of halogens is 3. The minimum Gasteiger partial charge on any atom is -0.331 e. The summed E-state index contributed by atoms with van der Waals surface area (Å²) in [5.41, 5.74) is -0.0809. The van der Waals surface area contributed by atoms with E-state index in [0.29, 0.717) is 5.52 Å². The van der Waals surface area contributed by atoms with E-state index in [0.717, 1.165) is 12.1 Å². The first-order valence-electron chi connectivity index (χ1n) is 6.14. The number of aromatic nitrogens is 2. The molecule has 0 saturated heterocycles. The highest BCUT2D eigenvalue weighted by molar-refractivity contribution is 7.91. The number of hydrogen-bond donors (Lipinski definition) is 1. The monoisotopic (exact) mass is 338 g/mol. The van der Waals surface area contributed by atoms with E-state index >= 15 is 0 Å². The predicted octanol–water partition coefficient (Wildman–Crippen LogP) is 3.15. The van der Waals surface area contributed by atoms with Crippen LogP contribution in [-0.2, 0) is 22.6 Å². The molecule has 0 aliphatic heterocycles. The van der Waals surface area contributed by atoms with Gasteiger partial charge in [-0.25, -0.2) is 8.42 Å². The Bertz CT molecular complexity index is 819. The second-order valence-corrected chi connectivity index (χ2v) is 7.41. The van der Waals surface area contributed by atoms with Crippen molar-refractivity contribution in [3.05, 3.63) is 28.5 Å². The minimum atomic E-state index is -4.43. The SMILES string of the molecule is CCS(=O)(=O)CCn1c(=S)[nH]c2cc(C(F)(F)F)ccc21. The quantitative estimate of drug-likeness (QED) is 0.872. The summed E-state index contributed by atoms with van der Waals surface area (Å²) in [5.74, 6) is -0.0906. The summed E-state index contributed by atoms with van der Waals surface area (Å²) in [6.45, 7) is 1.65. The van der Waals surface area contributed by atoms with Gasteiger partial charge in [-0.05, 0) is 30.4 Å². The van der Waals surface area contributed by atoms with Crippen LogP contribution in [0.25, 0.3) is 11.0 Å². The van der Waals surface area contributed by atoms with Gasteiger partial charge in [-0.15, -0.1) is 0 Å². The lowest BCUT2D eigenvalue weighted by atomic mass is 10.2. The molecule has 0 saturated carbocycles. The lowest BCUT2D eigenvalue weighted by Crippen LogP contribution is -2.14. The number of nitrogens with zero attached hydrogens (tertiary/aromatic N) is 1. The van der Waals surface area contributed by atoms with E-state index in [9.17, 15) is 21.6 Å². The average molecular weight is 338 g/mol. The summed E-state index contributed by atoms with van der Waals surface area (Å²) in [4.78, 5) is 2.68. The molecular weight excluding hydrogens is 325 g/mol. The maximum atomic E-state index is 12.6. The lowest BCUT2D eigenvalue weighted by Gasteiger charge is -2.07. The molecule has 0 aliphatic rings. The Morgan fingerprint density at radius 2 is 2.00 bits per heavy atom. The third-order valence-electron chi connectivity index (χ3n) is 3.17. The fourth-order valence-electron chi connectivity index (χ4n) is 1.94. The van der Waals surface area contributed by atoms with E-state index < -0.39 is 21.6 Å². The largest absolute Gasteiger partial charge is 0.416 e. The number of rotatable bonds is 4. The summed E-state index contributed by atoms with van der Waals surface area (Å²) < 4.78 is 62.7.